The van der Waals surface area contributed by atoms with E-state index >= 15 is 0 Å². The van der Waals surface area contributed by atoms with Crippen molar-refractivity contribution in [3.8, 4) is 5.75 Å². The minimum atomic E-state index is -0.220. The molecule has 0 spiro atoms. The third kappa shape index (κ3) is 2.39. The number of hydrogen-bond donors (Lipinski definition) is 1. The van der Waals surface area contributed by atoms with Crippen molar-refractivity contribution in [2.24, 2.45) is 0 Å². The highest BCUT2D eigenvalue weighted by Gasteiger charge is 2.51. The first kappa shape index (κ1) is 13.8. The Kier molecular flexibility index (Phi) is 4.40. The number of halogens is 1. The molecule has 1 aromatic rings. The van der Waals surface area contributed by atoms with Gasteiger partial charge in [-0.15, -0.1) is 12.4 Å². The fourth-order valence-electron chi connectivity index (χ4n) is 2.07. The molecule has 0 aliphatic heterocycles. The minimum Gasteiger partial charge on any atom is -0.496 e. The van der Waals surface area contributed by atoms with Crippen LogP contribution in [-0.2, 0) is 10.2 Å². The van der Waals surface area contributed by atoms with E-state index in [9.17, 15) is 0 Å². The van der Waals surface area contributed by atoms with Gasteiger partial charge in [0, 0.05) is 5.56 Å². The summed E-state index contributed by atoms with van der Waals surface area (Å²) in [6.07, 6.45) is 1.96. The number of rotatable bonds is 4. The monoisotopic (exact) mass is 255 g/mol. The molecule has 0 unspecified atom stereocenters. The van der Waals surface area contributed by atoms with E-state index in [1.165, 1.54) is 0 Å². The van der Waals surface area contributed by atoms with Crippen molar-refractivity contribution < 1.29 is 9.47 Å². The zero-order valence-corrected chi connectivity index (χ0v) is 11.0. The lowest BCUT2D eigenvalue weighted by atomic mass is 9.95. The zero-order chi connectivity index (χ0) is 11.6. The Morgan fingerprint density at radius 3 is 2.53 bits per heavy atom. The summed E-state index contributed by atoms with van der Waals surface area (Å²) in [5.41, 5.74) is 0.860. The fourth-order valence-corrected chi connectivity index (χ4v) is 2.07. The lowest BCUT2D eigenvalue weighted by Gasteiger charge is -2.19. The van der Waals surface area contributed by atoms with E-state index in [1.54, 1.807) is 7.11 Å². The average Bonchev–Trinajstić information content (AvgIpc) is 3.10. The van der Waals surface area contributed by atoms with E-state index < -0.39 is 0 Å². The number of nitrogens with one attached hydrogen (secondary N) is 1. The highest BCUT2D eigenvalue weighted by Crippen LogP contribution is 2.52. The topological polar surface area (TPSA) is 42.3 Å². The normalized spacial score (nSPS) is 15.6. The molecule has 0 amide bonds. The number of methoxy groups -OCH3 is 1. The first-order chi connectivity index (χ1) is 7.74. The largest absolute Gasteiger partial charge is 0.496 e. The molecule has 17 heavy (non-hydrogen) atoms. The molecule has 0 radical (unpaired) electrons. The van der Waals surface area contributed by atoms with Crippen LogP contribution in [0.5, 0.6) is 5.75 Å². The first-order valence-corrected chi connectivity index (χ1v) is 5.60. The number of hydrogen-bond acceptors (Lipinski definition) is 3. The summed E-state index contributed by atoms with van der Waals surface area (Å²) in [6, 6.07) is 7.90. The van der Waals surface area contributed by atoms with Crippen LogP contribution in [0.2, 0.25) is 0 Å². The van der Waals surface area contributed by atoms with Gasteiger partial charge in [0.05, 0.1) is 19.1 Å². The summed E-state index contributed by atoms with van der Waals surface area (Å²) in [7, 11) is 1.67. The van der Waals surface area contributed by atoms with E-state index in [4.69, 9.17) is 14.9 Å². The third-order valence-electron chi connectivity index (χ3n) is 3.10. The second-order valence-corrected chi connectivity index (χ2v) is 4.04. The van der Waals surface area contributed by atoms with Crippen LogP contribution in [-0.4, -0.2) is 19.6 Å². The van der Waals surface area contributed by atoms with Crippen LogP contribution in [0.25, 0.3) is 0 Å². The Labute approximate surface area is 108 Å². The highest BCUT2D eigenvalue weighted by atomic mass is 35.5. The molecule has 1 aromatic carbocycles. The standard InChI is InChI=1S/C13H17NO2.ClH/c1-3-16-12(14)13(8-9-13)10-6-4-5-7-11(10)15-2;/h4-7,14H,3,8-9H2,1-2H3;1H. The summed E-state index contributed by atoms with van der Waals surface area (Å²) in [5.74, 6) is 1.23. The van der Waals surface area contributed by atoms with Gasteiger partial charge in [0.25, 0.3) is 0 Å². The molecule has 1 saturated carbocycles. The molecule has 1 aliphatic rings. The minimum absolute atomic E-state index is 0. The van der Waals surface area contributed by atoms with Crippen molar-refractivity contribution in [1.29, 1.82) is 5.41 Å². The van der Waals surface area contributed by atoms with Crippen LogP contribution in [0.15, 0.2) is 24.3 Å². The molecule has 3 nitrogen and oxygen atoms in total. The highest BCUT2D eigenvalue weighted by molar-refractivity contribution is 5.89. The van der Waals surface area contributed by atoms with Crippen LogP contribution < -0.4 is 4.74 Å². The Balaban J connectivity index is 0.00000144. The predicted molar refractivity (Wildman–Crippen MR) is 70.5 cm³/mol. The third-order valence-corrected chi connectivity index (χ3v) is 3.10. The van der Waals surface area contributed by atoms with Crippen LogP contribution in [0, 0.1) is 5.41 Å². The summed E-state index contributed by atoms with van der Waals surface area (Å²) in [4.78, 5) is 0. The quantitative estimate of drug-likeness (QED) is 0.663. The molecular formula is C13H18ClNO2. The van der Waals surface area contributed by atoms with Crippen LogP contribution in [0.4, 0.5) is 0 Å². The van der Waals surface area contributed by atoms with Crippen molar-refractivity contribution in [1.82, 2.24) is 0 Å². The van der Waals surface area contributed by atoms with E-state index in [0.717, 1.165) is 24.2 Å². The van der Waals surface area contributed by atoms with E-state index in [-0.39, 0.29) is 17.8 Å². The molecule has 4 heteroatoms. The van der Waals surface area contributed by atoms with Crippen molar-refractivity contribution in [2.45, 2.75) is 25.2 Å². The molecule has 0 atom stereocenters. The molecule has 2 rings (SSSR count). The predicted octanol–water partition coefficient (Wildman–Crippen LogP) is 3.16. The van der Waals surface area contributed by atoms with Crippen LogP contribution in [0.3, 0.4) is 0 Å². The molecule has 0 bridgehead atoms. The average molecular weight is 256 g/mol. The van der Waals surface area contributed by atoms with Crippen molar-refractivity contribution >= 4 is 18.3 Å². The molecule has 1 fully saturated rings. The molecule has 0 saturated heterocycles. The Morgan fingerprint density at radius 1 is 1.35 bits per heavy atom. The Hall–Kier alpha value is -1.22. The molecular weight excluding hydrogens is 238 g/mol. The van der Waals surface area contributed by atoms with E-state index in [0.29, 0.717) is 12.5 Å². The SMILES string of the molecule is CCOC(=N)C1(c2ccccc2OC)CC1.Cl. The maximum absolute atomic E-state index is 7.99. The zero-order valence-electron chi connectivity index (χ0n) is 10.2. The van der Waals surface area contributed by atoms with Gasteiger partial charge in [-0.3, -0.25) is 5.41 Å². The second-order valence-electron chi connectivity index (χ2n) is 4.04. The van der Waals surface area contributed by atoms with Crippen molar-refractivity contribution in [3.05, 3.63) is 29.8 Å². The van der Waals surface area contributed by atoms with Crippen molar-refractivity contribution in [3.63, 3.8) is 0 Å². The number of benzene rings is 1. The van der Waals surface area contributed by atoms with Gasteiger partial charge in [-0.25, -0.2) is 0 Å². The van der Waals surface area contributed by atoms with Gasteiger partial charge < -0.3 is 9.47 Å². The maximum Gasteiger partial charge on any atom is 0.191 e. The molecule has 0 aromatic heterocycles. The van der Waals surface area contributed by atoms with Gasteiger partial charge in [-0.1, -0.05) is 18.2 Å². The van der Waals surface area contributed by atoms with Gasteiger partial charge in [-0.05, 0) is 25.8 Å². The summed E-state index contributed by atoms with van der Waals surface area (Å²) in [5, 5.41) is 7.99. The summed E-state index contributed by atoms with van der Waals surface area (Å²) >= 11 is 0. The number of ether oxygens (including phenoxy) is 2. The van der Waals surface area contributed by atoms with Crippen LogP contribution in [0.1, 0.15) is 25.3 Å². The Bertz CT molecular complexity index is 402. The molecule has 0 heterocycles. The smallest absolute Gasteiger partial charge is 0.191 e. The Morgan fingerprint density at radius 2 is 2.00 bits per heavy atom. The van der Waals surface area contributed by atoms with Gasteiger partial charge in [-0.2, -0.15) is 0 Å². The second kappa shape index (κ2) is 5.41. The van der Waals surface area contributed by atoms with Gasteiger partial charge in [0.2, 0.25) is 0 Å². The van der Waals surface area contributed by atoms with Gasteiger partial charge in [0.15, 0.2) is 5.90 Å². The molecule has 1 N–H and O–H groups in total. The lowest BCUT2D eigenvalue weighted by Crippen LogP contribution is -2.23. The summed E-state index contributed by atoms with van der Waals surface area (Å²) in [6.45, 7) is 2.46. The number of para-hydroxylation sites is 1. The van der Waals surface area contributed by atoms with Crippen LogP contribution >= 0.6 is 12.4 Å². The molecule has 1 aliphatic carbocycles. The summed E-state index contributed by atoms with van der Waals surface area (Å²) < 4.78 is 10.7. The maximum atomic E-state index is 7.99. The van der Waals surface area contributed by atoms with Gasteiger partial charge >= 0.3 is 0 Å². The first-order valence-electron chi connectivity index (χ1n) is 5.60. The van der Waals surface area contributed by atoms with E-state index in [1.807, 2.05) is 31.2 Å². The van der Waals surface area contributed by atoms with Crippen molar-refractivity contribution in [2.75, 3.05) is 13.7 Å². The lowest BCUT2D eigenvalue weighted by molar-refractivity contribution is 0.303. The fraction of sp³-hybridized carbons (Fsp3) is 0.462. The van der Waals surface area contributed by atoms with Gasteiger partial charge in [0.1, 0.15) is 5.75 Å². The molecule has 94 valence electrons. The van der Waals surface area contributed by atoms with E-state index in [2.05, 4.69) is 0 Å².